The fourth-order valence-electron chi connectivity index (χ4n) is 2.82. The molecule has 0 saturated carbocycles. The van der Waals surface area contributed by atoms with Gasteiger partial charge in [0.05, 0.1) is 17.6 Å². The normalized spacial score (nSPS) is 11.4. The SMILES string of the molecule is CCN(Sc1ccc(Oc2ccc(Cl)cc2)cc1)S(=O)(=O)c1ccc(C)c(C(=O)OC)c1. The fraction of sp³-hybridized carbons (Fsp3) is 0.174. The summed E-state index contributed by atoms with van der Waals surface area (Å²) in [5.41, 5.74) is 0.862. The summed E-state index contributed by atoms with van der Waals surface area (Å²) in [6.45, 7) is 3.71. The van der Waals surface area contributed by atoms with E-state index < -0.39 is 16.0 Å². The molecule has 32 heavy (non-hydrogen) atoms. The van der Waals surface area contributed by atoms with E-state index in [4.69, 9.17) is 21.1 Å². The summed E-state index contributed by atoms with van der Waals surface area (Å²) in [7, 11) is -2.59. The topological polar surface area (TPSA) is 72.9 Å². The molecule has 9 heteroatoms. The van der Waals surface area contributed by atoms with E-state index in [1.807, 2.05) is 0 Å². The van der Waals surface area contributed by atoms with Gasteiger partial charge in [-0.25, -0.2) is 13.2 Å². The molecule has 6 nitrogen and oxygen atoms in total. The van der Waals surface area contributed by atoms with E-state index in [0.717, 1.165) is 16.8 Å². The molecule has 0 atom stereocenters. The van der Waals surface area contributed by atoms with Crippen LogP contribution in [0.1, 0.15) is 22.8 Å². The largest absolute Gasteiger partial charge is 0.465 e. The van der Waals surface area contributed by atoms with E-state index in [9.17, 15) is 13.2 Å². The second-order valence-electron chi connectivity index (χ2n) is 6.71. The number of carbonyl (C=O) groups is 1. The van der Waals surface area contributed by atoms with E-state index in [2.05, 4.69) is 0 Å². The zero-order chi connectivity index (χ0) is 23.3. The lowest BCUT2D eigenvalue weighted by molar-refractivity contribution is 0.0599. The third-order valence-corrected chi connectivity index (χ3v) is 8.17. The van der Waals surface area contributed by atoms with E-state index in [1.165, 1.54) is 23.0 Å². The van der Waals surface area contributed by atoms with Crippen LogP contribution in [0.5, 0.6) is 11.5 Å². The van der Waals surface area contributed by atoms with Crippen molar-refractivity contribution in [1.82, 2.24) is 3.71 Å². The molecule has 168 valence electrons. The quantitative estimate of drug-likeness (QED) is 0.286. The zero-order valence-corrected chi connectivity index (χ0v) is 20.1. The maximum absolute atomic E-state index is 13.2. The lowest BCUT2D eigenvalue weighted by atomic mass is 10.1. The van der Waals surface area contributed by atoms with Crippen molar-refractivity contribution < 1.29 is 22.7 Å². The summed E-state index contributed by atoms with van der Waals surface area (Å²) in [5.74, 6) is 0.684. The number of halogens is 1. The van der Waals surface area contributed by atoms with Crippen LogP contribution in [0.4, 0.5) is 0 Å². The van der Waals surface area contributed by atoms with Crippen LogP contribution in [-0.4, -0.2) is 31.8 Å². The van der Waals surface area contributed by atoms with Crippen LogP contribution in [0.15, 0.2) is 76.5 Å². The number of methoxy groups -OCH3 is 1. The summed E-state index contributed by atoms with van der Waals surface area (Å²) in [5, 5.41) is 0.622. The first kappa shape index (κ1) is 24.1. The predicted molar refractivity (Wildman–Crippen MR) is 126 cm³/mol. The van der Waals surface area contributed by atoms with Gasteiger partial charge >= 0.3 is 5.97 Å². The molecule has 0 aliphatic heterocycles. The van der Waals surface area contributed by atoms with Crippen molar-refractivity contribution in [1.29, 1.82) is 0 Å². The van der Waals surface area contributed by atoms with Crippen molar-refractivity contribution in [2.75, 3.05) is 13.7 Å². The second-order valence-corrected chi connectivity index (χ2v) is 10.3. The summed E-state index contributed by atoms with van der Waals surface area (Å²) in [6, 6.07) is 18.5. The van der Waals surface area contributed by atoms with Gasteiger partial charge < -0.3 is 9.47 Å². The molecular weight excluding hydrogens is 470 g/mol. The first-order valence-corrected chi connectivity index (χ1v) is 12.3. The minimum absolute atomic E-state index is 0.0283. The third kappa shape index (κ3) is 5.63. The molecule has 0 radical (unpaired) electrons. The van der Waals surface area contributed by atoms with Gasteiger partial charge in [-0.05, 0) is 85.1 Å². The number of hydrogen-bond donors (Lipinski definition) is 0. The Kier molecular flexibility index (Phi) is 7.84. The molecule has 3 rings (SSSR count). The van der Waals surface area contributed by atoms with Crippen molar-refractivity contribution in [3.8, 4) is 11.5 Å². The van der Waals surface area contributed by atoms with Gasteiger partial charge in [0.15, 0.2) is 0 Å². The van der Waals surface area contributed by atoms with Crippen LogP contribution in [0.25, 0.3) is 0 Å². The average molecular weight is 492 g/mol. The number of carbonyl (C=O) groups excluding carboxylic acids is 1. The molecule has 0 unspecified atom stereocenters. The Balaban J connectivity index is 1.78. The highest BCUT2D eigenvalue weighted by Gasteiger charge is 2.26. The summed E-state index contributed by atoms with van der Waals surface area (Å²) < 4.78 is 38.2. The minimum atomic E-state index is -3.85. The molecule has 0 bridgehead atoms. The fourth-order valence-corrected chi connectivity index (χ4v) is 5.56. The number of benzene rings is 3. The molecular formula is C23H22ClNO5S2. The number of rotatable bonds is 8. The standard InChI is InChI=1S/C23H22ClNO5S2/c1-4-25(32(27,28)21-14-5-16(2)22(15-21)23(26)29-3)31-20-12-10-19(11-13-20)30-18-8-6-17(24)7-9-18/h5-15H,4H2,1-3H3. The van der Waals surface area contributed by atoms with Crippen LogP contribution in [-0.2, 0) is 14.8 Å². The molecule has 0 fully saturated rings. The third-order valence-electron chi connectivity index (χ3n) is 4.52. The van der Waals surface area contributed by atoms with Gasteiger partial charge in [-0.15, -0.1) is 3.71 Å². The van der Waals surface area contributed by atoms with Gasteiger partial charge in [0.1, 0.15) is 11.5 Å². The van der Waals surface area contributed by atoms with Gasteiger partial charge in [-0.3, -0.25) is 0 Å². The molecule has 0 spiro atoms. The van der Waals surface area contributed by atoms with Crippen LogP contribution in [0.2, 0.25) is 5.02 Å². The van der Waals surface area contributed by atoms with Crippen molar-refractivity contribution in [2.45, 2.75) is 23.6 Å². The zero-order valence-electron chi connectivity index (χ0n) is 17.7. The smallest absolute Gasteiger partial charge is 0.338 e. The highest BCUT2D eigenvalue weighted by molar-refractivity contribution is 8.08. The van der Waals surface area contributed by atoms with Crippen molar-refractivity contribution in [3.05, 3.63) is 82.9 Å². The monoisotopic (exact) mass is 491 g/mol. The number of hydrogen-bond acceptors (Lipinski definition) is 6. The minimum Gasteiger partial charge on any atom is -0.465 e. The number of nitrogens with zero attached hydrogens (tertiary/aromatic N) is 1. The first-order chi connectivity index (χ1) is 15.2. The summed E-state index contributed by atoms with van der Waals surface area (Å²) >= 11 is 6.97. The Bertz CT molecular complexity index is 1200. The molecule has 0 N–H and O–H groups in total. The van der Waals surface area contributed by atoms with Crippen molar-refractivity contribution in [2.24, 2.45) is 0 Å². The maximum Gasteiger partial charge on any atom is 0.338 e. The Morgan fingerprint density at radius 3 is 2.16 bits per heavy atom. The summed E-state index contributed by atoms with van der Waals surface area (Å²) in [4.78, 5) is 12.7. The van der Waals surface area contributed by atoms with Crippen molar-refractivity contribution >= 4 is 39.5 Å². The molecule has 0 amide bonds. The van der Waals surface area contributed by atoms with Gasteiger partial charge in [-0.2, -0.15) is 0 Å². The van der Waals surface area contributed by atoms with Gasteiger partial charge in [0.2, 0.25) is 0 Å². The van der Waals surface area contributed by atoms with Gasteiger partial charge in [0.25, 0.3) is 10.0 Å². The maximum atomic E-state index is 13.2. The Labute approximate surface area is 197 Å². The highest BCUT2D eigenvalue weighted by atomic mass is 35.5. The Hall–Kier alpha value is -2.52. The Morgan fingerprint density at radius 2 is 1.59 bits per heavy atom. The van der Waals surface area contributed by atoms with Crippen LogP contribution in [0, 0.1) is 6.92 Å². The van der Waals surface area contributed by atoms with Gasteiger partial charge in [0, 0.05) is 16.5 Å². The molecule has 0 heterocycles. The molecule has 0 aliphatic carbocycles. The molecule has 0 aliphatic rings. The van der Waals surface area contributed by atoms with E-state index in [1.54, 1.807) is 68.4 Å². The van der Waals surface area contributed by atoms with Crippen LogP contribution in [0.3, 0.4) is 0 Å². The molecule has 3 aromatic carbocycles. The number of esters is 1. The summed E-state index contributed by atoms with van der Waals surface area (Å²) in [6.07, 6.45) is 0. The predicted octanol–water partition coefficient (Wildman–Crippen LogP) is 5.95. The van der Waals surface area contributed by atoms with E-state index >= 15 is 0 Å². The average Bonchev–Trinajstić information content (AvgIpc) is 2.79. The second kappa shape index (κ2) is 10.4. The first-order valence-electron chi connectivity index (χ1n) is 9.67. The lowest BCUT2D eigenvalue weighted by Gasteiger charge is -2.20. The van der Waals surface area contributed by atoms with E-state index in [-0.39, 0.29) is 17.0 Å². The van der Waals surface area contributed by atoms with Gasteiger partial charge in [-0.1, -0.05) is 24.6 Å². The lowest BCUT2D eigenvalue weighted by Crippen LogP contribution is -2.24. The van der Waals surface area contributed by atoms with Crippen molar-refractivity contribution in [3.63, 3.8) is 0 Å². The van der Waals surface area contributed by atoms with E-state index in [0.29, 0.717) is 22.1 Å². The molecule has 3 aromatic rings. The molecule has 0 aromatic heterocycles. The number of ether oxygens (including phenoxy) is 2. The highest BCUT2D eigenvalue weighted by Crippen LogP contribution is 2.32. The van der Waals surface area contributed by atoms with Crippen LogP contribution < -0.4 is 4.74 Å². The number of aryl methyl sites for hydroxylation is 1. The van der Waals surface area contributed by atoms with Crippen LogP contribution >= 0.6 is 23.5 Å². The molecule has 0 saturated heterocycles. The number of sulfonamides is 1. The Morgan fingerprint density at radius 1 is 1.00 bits per heavy atom.